The second kappa shape index (κ2) is 26.1. The van der Waals surface area contributed by atoms with Crippen molar-refractivity contribution in [1.82, 2.24) is 20.6 Å². The van der Waals surface area contributed by atoms with E-state index in [-0.39, 0.29) is 83.6 Å². The lowest BCUT2D eigenvalue weighted by Crippen LogP contribution is -2.41. The van der Waals surface area contributed by atoms with Crippen molar-refractivity contribution in [2.75, 3.05) is 13.2 Å². The molecule has 2 saturated heterocycles. The summed E-state index contributed by atoms with van der Waals surface area (Å²) in [7, 11) is -1.83. The summed E-state index contributed by atoms with van der Waals surface area (Å²) in [6.07, 6.45) is 5.51. The molecule has 4 amide bonds. The van der Waals surface area contributed by atoms with Gasteiger partial charge in [-0.2, -0.15) is 0 Å². The highest BCUT2D eigenvalue weighted by molar-refractivity contribution is 8.15. The predicted octanol–water partition coefficient (Wildman–Crippen LogP) is 10.4. The highest BCUT2D eigenvalue weighted by Gasteiger charge is 2.38. The fraction of sp³-hybridized carbons (Fsp3) is 0.435. The van der Waals surface area contributed by atoms with Crippen molar-refractivity contribution in [2.24, 2.45) is 0 Å². The summed E-state index contributed by atoms with van der Waals surface area (Å²) in [6.45, 7) is 16.1. The first-order valence-electron chi connectivity index (χ1n) is 19.7. The normalized spacial score (nSPS) is 16.6. The maximum Gasteiger partial charge on any atom is 0.286 e. The van der Waals surface area contributed by atoms with Crippen molar-refractivity contribution in [1.29, 1.82) is 0 Å². The van der Waals surface area contributed by atoms with E-state index in [0.717, 1.165) is 68.7 Å². The second-order valence-corrected chi connectivity index (χ2v) is 23.1. The van der Waals surface area contributed by atoms with E-state index in [2.05, 4.69) is 67.5 Å². The fourth-order valence-electron chi connectivity index (χ4n) is 5.82. The number of aromatic nitrogens is 2. The first-order chi connectivity index (χ1) is 28.0. The van der Waals surface area contributed by atoms with Gasteiger partial charge in [-0.1, -0.05) is 95.5 Å². The van der Waals surface area contributed by atoms with Gasteiger partial charge in [-0.15, -0.1) is 24.8 Å². The molecule has 4 atom stereocenters. The van der Waals surface area contributed by atoms with Gasteiger partial charge in [0, 0.05) is 36.6 Å². The molecule has 0 spiro atoms. The smallest absolute Gasteiger partial charge is 0.286 e. The monoisotopic (exact) mass is 962 g/mol. The summed E-state index contributed by atoms with van der Waals surface area (Å²) < 4.78 is 18.0. The predicted molar refractivity (Wildman–Crippen MR) is 262 cm³/mol. The van der Waals surface area contributed by atoms with E-state index in [1.54, 1.807) is 13.1 Å². The largest absolute Gasteiger partial charge is 0.493 e. The maximum absolute atomic E-state index is 11.7. The van der Waals surface area contributed by atoms with Crippen molar-refractivity contribution in [3.8, 4) is 11.5 Å². The number of rotatable bonds is 16. The average Bonchev–Trinajstić information content (AvgIpc) is 3.68. The summed E-state index contributed by atoms with van der Waals surface area (Å²) >= 11 is 2.08. The van der Waals surface area contributed by atoms with E-state index in [1.165, 1.54) is 0 Å². The molecule has 4 heterocycles. The fourth-order valence-corrected chi connectivity index (χ4v) is 8.91. The molecule has 0 radical (unpaired) electrons. The summed E-state index contributed by atoms with van der Waals surface area (Å²) in [5, 5.41) is 13.0. The van der Waals surface area contributed by atoms with Crippen molar-refractivity contribution < 1.29 is 38.2 Å². The molecule has 17 heteroatoms. The van der Waals surface area contributed by atoms with E-state index in [9.17, 15) is 24.3 Å². The number of nitrogens with one attached hydrogen (secondary N) is 2. The number of pyridine rings is 2. The van der Waals surface area contributed by atoms with E-state index >= 15 is 0 Å². The van der Waals surface area contributed by atoms with Gasteiger partial charge >= 0.3 is 0 Å². The highest BCUT2D eigenvalue weighted by Crippen LogP contribution is 2.39. The van der Waals surface area contributed by atoms with Gasteiger partial charge in [-0.05, 0) is 103 Å². The van der Waals surface area contributed by atoms with Crippen LogP contribution in [0, 0.1) is 0 Å². The van der Waals surface area contributed by atoms with Crippen LogP contribution in [-0.2, 0) is 39.7 Å². The second-order valence-electron chi connectivity index (χ2n) is 16.0. The SMILES string of the molecule is C.C.CC(O)c1ccc(CCOc2ccc(CC3SC(=O)NC3=O)cc2)nc1.CC(O[Si](C)(C)C(C)(C)C)c1ccc(CCOc2ccc(CC3SC(=O)NC3=O)cc2)nc1.Cl.Cl. The molecular weight excluding hydrogens is 900 g/mol. The third kappa shape index (κ3) is 17.5. The standard InChI is InChI=1S/C25H34N2O4SSi.C19H20N2O4S.2CH4.2ClH/c1-17(31-33(5,6)25(2,3)4)19-9-10-20(26-16-19)13-14-30-21-11-7-18(8-12-21)15-22-23(28)27-24(29)32-22;1-12(22)14-4-5-15(20-11-14)8-9-25-16-6-2-13(3-7-16)10-17-18(23)21-19(24)26-17;;;;/h7-12,16-17,22H,13-15H2,1-6H3,(H,27,28,29);2-7,11-12,17,22H,8-10H2,1H3,(H,21,23,24);2*1H4;2*1H. The van der Waals surface area contributed by atoms with Gasteiger partial charge in [0.1, 0.15) is 11.5 Å². The van der Waals surface area contributed by atoms with Crippen LogP contribution in [0.3, 0.4) is 0 Å². The van der Waals surface area contributed by atoms with Crippen molar-refractivity contribution in [3.63, 3.8) is 0 Å². The lowest BCUT2D eigenvalue weighted by molar-refractivity contribution is -0.119. The van der Waals surface area contributed by atoms with Gasteiger partial charge in [0.25, 0.3) is 10.5 Å². The van der Waals surface area contributed by atoms with Crippen molar-refractivity contribution in [3.05, 3.63) is 119 Å². The molecule has 2 fully saturated rings. The molecule has 3 N–H and O–H groups in total. The molecule has 4 aromatic rings. The first kappa shape index (κ1) is 57.1. The van der Waals surface area contributed by atoms with Crippen LogP contribution in [0.25, 0.3) is 0 Å². The van der Waals surface area contributed by atoms with Crippen molar-refractivity contribution in [2.45, 2.75) is 116 Å². The molecule has 4 unspecified atom stereocenters. The minimum absolute atomic E-state index is 0. The average molecular weight is 964 g/mol. The lowest BCUT2D eigenvalue weighted by Gasteiger charge is -2.38. The molecule has 12 nitrogen and oxygen atoms in total. The zero-order valence-corrected chi connectivity index (χ0v) is 39.7. The number of carbonyl (C=O) groups is 4. The summed E-state index contributed by atoms with van der Waals surface area (Å²) in [4.78, 5) is 54.7. The van der Waals surface area contributed by atoms with Crippen LogP contribution >= 0.6 is 48.3 Å². The molecule has 2 aromatic carbocycles. The lowest BCUT2D eigenvalue weighted by atomic mass is 10.1. The van der Waals surface area contributed by atoms with Crippen LogP contribution in [0.1, 0.15) is 95.3 Å². The number of thioether (sulfide) groups is 2. The summed E-state index contributed by atoms with van der Waals surface area (Å²) in [5.74, 6) is 1.07. The van der Waals surface area contributed by atoms with Crippen LogP contribution in [0.15, 0.2) is 85.2 Å². The molecule has 0 aliphatic carbocycles. The number of hydrogen-bond acceptors (Lipinski definition) is 12. The van der Waals surface area contributed by atoms with Gasteiger partial charge in [-0.25, -0.2) is 0 Å². The van der Waals surface area contributed by atoms with E-state index in [1.807, 2.05) is 72.9 Å². The Morgan fingerprint density at radius 1 is 0.667 bits per heavy atom. The van der Waals surface area contributed by atoms with Crippen LogP contribution < -0.4 is 20.1 Å². The number of imide groups is 2. The molecule has 2 aliphatic heterocycles. The molecule has 63 heavy (non-hydrogen) atoms. The highest BCUT2D eigenvalue weighted by atomic mass is 35.5. The third-order valence-electron chi connectivity index (χ3n) is 10.4. The van der Waals surface area contributed by atoms with Crippen LogP contribution in [0.4, 0.5) is 9.59 Å². The van der Waals surface area contributed by atoms with E-state index < -0.39 is 14.4 Å². The molecule has 346 valence electrons. The summed E-state index contributed by atoms with van der Waals surface area (Å²) in [5.41, 5.74) is 5.74. The Morgan fingerprint density at radius 3 is 1.38 bits per heavy atom. The third-order valence-corrected chi connectivity index (χ3v) is 16.9. The zero-order chi connectivity index (χ0) is 42.7. The minimum Gasteiger partial charge on any atom is -0.493 e. The van der Waals surface area contributed by atoms with Gasteiger partial charge in [0.2, 0.25) is 11.8 Å². The summed E-state index contributed by atoms with van der Waals surface area (Å²) in [6, 6.07) is 23.1. The molecule has 2 aromatic heterocycles. The minimum atomic E-state index is -1.83. The number of aliphatic hydroxyl groups is 1. The Kier molecular flexibility index (Phi) is 23.6. The molecular formula is C46H64Cl2N4O8S2Si. The Balaban J connectivity index is 0.000000606. The number of benzene rings is 2. The number of aliphatic hydroxyl groups excluding tert-OH is 1. The van der Waals surface area contributed by atoms with Crippen LogP contribution in [-0.4, -0.2) is 69.4 Å². The Hall–Kier alpha value is -3.96. The number of amides is 4. The number of ether oxygens (including phenoxy) is 2. The topological polar surface area (TPSA) is 166 Å². The van der Waals surface area contributed by atoms with Crippen LogP contribution in [0.2, 0.25) is 18.1 Å². The van der Waals surface area contributed by atoms with E-state index in [4.69, 9.17) is 13.9 Å². The van der Waals surface area contributed by atoms with Gasteiger partial charge in [-0.3, -0.25) is 39.8 Å². The maximum atomic E-state index is 11.7. The molecule has 2 aliphatic rings. The molecule has 6 rings (SSSR count). The van der Waals surface area contributed by atoms with Gasteiger partial charge < -0.3 is 19.0 Å². The Labute approximate surface area is 395 Å². The number of carbonyl (C=O) groups excluding carboxylic acids is 4. The number of nitrogens with zero attached hydrogens (tertiary/aromatic N) is 2. The Bertz CT molecular complexity index is 2060. The van der Waals surface area contributed by atoms with E-state index in [0.29, 0.717) is 38.9 Å². The zero-order valence-electron chi connectivity index (χ0n) is 35.5. The molecule has 0 saturated carbocycles. The number of halogens is 2. The molecule has 0 bridgehead atoms. The number of hydrogen-bond donors (Lipinski definition) is 3. The van der Waals surface area contributed by atoms with Gasteiger partial charge in [0.15, 0.2) is 8.32 Å². The first-order valence-corrected chi connectivity index (χ1v) is 24.3. The Morgan fingerprint density at radius 2 is 1.06 bits per heavy atom. The quantitative estimate of drug-likeness (QED) is 0.0912. The van der Waals surface area contributed by atoms with Crippen LogP contribution in [0.5, 0.6) is 11.5 Å². The van der Waals surface area contributed by atoms with Gasteiger partial charge in [0.05, 0.1) is 35.9 Å². The van der Waals surface area contributed by atoms with Crippen molar-refractivity contribution >= 4 is 78.9 Å².